The van der Waals surface area contributed by atoms with E-state index in [4.69, 9.17) is 9.15 Å². The molecular formula is C22H21BrN4O3S. The van der Waals surface area contributed by atoms with Crippen LogP contribution in [0.2, 0.25) is 0 Å². The van der Waals surface area contributed by atoms with Crippen LogP contribution in [0.4, 0.5) is 5.69 Å². The number of halogens is 1. The summed E-state index contributed by atoms with van der Waals surface area (Å²) in [7, 11) is 1.58. The van der Waals surface area contributed by atoms with Gasteiger partial charge in [0.25, 0.3) is 0 Å². The molecule has 4 aromatic rings. The zero-order valence-corrected chi connectivity index (χ0v) is 19.7. The van der Waals surface area contributed by atoms with Gasteiger partial charge in [-0.3, -0.25) is 9.36 Å². The number of anilines is 1. The molecule has 0 unspecified atom stereocenters. The minimum Gasteiger partial charge on any atom is -0.495 e. The highest BCUT2D eigenvalue weighted by Crippen LogP contribution is 2.31. The summed E-state index contributed by atoms with van der Waals surface area (Å²) in [5.74, 6) is 1.96. The molecule has 160 valence electrons. The van der Waals surface area contributed by atoms with E-state index in [-0.39, 0.29) is 11.7 Å². The Bertz CT molecular complexity index is 1250. The third kappa shape index (κ3) is 4.62. The van der Waals surface area contributed by atoms with Crippen LogP contribution in [0.5, 0.6) is 5.75 Å². The number of thioether (sulfide) groups is 1. The van der Waals surface area contributed by atoms with Crippen LogP contribution in [0.15, 0.2) is 56.5 Å². The predicted molar refractivity (Wildman–Crippen MR) is 126 cm³/mol. The molecule has 0 aliphatic heterocycles. The van der Waals surface area contributed by atoms with Gasteiger partial charge in [-0.1, -0.05) is 33.8 Å². The molecule has 2 aromatic heterocycles. The molecule has 2 heterocycles. The zero-order valence-electron chi connectivity index (χ0n) is 17.3. The molecular weight excluding hydrogens is 480 g/mol. The SMILES string of the molecule is CCn1c(SCC(=O)Nc2cc(C)ccc2OC)nnc1-c1cc2cc(Br)ccc2o1. The predicted octanol–water partition coefficient (Wildman–Crippen LogP) is 5.52. The highest BCUT2D eigenvalue weighted by atomic mass is 79.9. The second-order valence-electron chi connectivity index (χ2n) is 6.88. The van der Waals surface area contributed by atoms with Crippen LogP contribution < -0.4 is 10.1 Å². The Labute approximate surface area is 192 Å². The van der Waals surface area contributed by atoms with E-state index in [0.717, 1.165) is 21.0 Å². The van der Waals surface area contributed by atoms with Gasteiger partial charge in [0, 0.05) is 16.4 Å². The summed E-state index contributed by atoms with van der Waals surface area (Å²) in [5.41, 5.74) is 2.47. The Morgan fingerprint density at radius 1 is 1.23 bits per heavy atom. The van der Waals surface area contributed by atoms with Crippen molar-refractivity contribution in [3.8, 4) is 17.3 Å². The van der Waals surface area contributed by atoms with E-state index in [9.17, 15) is 4.79 Å². The fraction of sp³-hybridized carbons (Fsp3) is 0.227. The second kappa shape index (κ2) is 9.15. The maximum absolute atomic E-state index is 12.5. The van der Waals surface area contributed by atoms with Crippen LogP contribution >= 0.6 is 27.7 Å². The van der Waals surface area contributed by atoms with Crippen LogP contribution in [0.1, 0.15) is 12.5 Å². The number of hydrogen-bond acceptors (Lipinski definition) is 6. The number of furan rings is 1. The highest BCUT2D eigenvalue weighted by Gasteiger charge is 2.18. The summed E-state index contributed by atoms with van der Waals surface area (Å²) in [4.78, 5) is 12.5. The van der Waals surface area contributed by atoms with E-state index in [0.29, 0.717) is 34.7 Å². The number of fused-ring (bicyclic) bond motifs is 1. The van der Waals surface area contributed by atoms with E-state index in [1.807, 2.05) is 60.9 Å². The van der Waals surface area contributed by atoms with Crippen LogP contribution in [0.25, 0.3) is 22.6 Å². The molecule has 31 heavy (non-hydrogen) atoms. The van der Waals surface area contributed by atoms with Crippen molar-refractivity contribution in [2.75, 3.05) is 18.2 Å². The zero-order chi connectivity index (χ0) is 22.0. The number of nitrogens with one attached hydrogen (secondary N) is 1. The highest BCUT2D eigenvalue weighted by molar-refractivity contribution is 9.10. The topological polar surface area (TPSA) is 82.2 Å². The lowest BCUT2D eigenvalue weighted by Crippen LogP contribution is -2.15. The maximum Gasteiger partial charge on any atom is 0.234 e. The molecule has 0 radical (unpaired) electrons. The molecule has 0 spiro atoms. The molecule has 0 bridgehead atoms. The summed E-state index contributed by atoms with van der Waals surface area (Å²) in [6, 6.07) is 13.4. The summed E-state index contributed by atoms with van der Waals surface area (Å²) in [5, 5.41) is 13.1. The molecule has 0 saturated heterocycles. The lowest BCUT2D eigenvalue weighted by Gasteiger charge is -2.11. The van der Waals surface area contributed by atoms with Crippen LogP contribution in [0.3, 0.4) is 0 Å². The molecule has 1 amide bonds. The normalized spacial score (nSPS) is 11.1. The number of aromatic nitrogens is 3. The standard InChI is InChI=1S/C22H21BrN4O3S/c1-4-27-21(19-11-14-10-15(23)6-8-17(14)30-19)25-26-22(27)31-12-20(28)24-16-9-13(2)5-7-18(16)29-3/h5-11H,4,12H2,1-3H3,(H,24,28). The van der Waals surface area contributed by atoms with Crippen molar-refractivity contribution in [1.29, 1.82) is 0 Å². The van der Waals surface area contributed by atoms with Gasteiger partial charge in [-0.05, 0) is 55.8 Å². The summed E-state index contributed by atoms with van der Waals surface area (Å²) >= 11 is 4.81. The Balaban J connectivity index is 1.50. The lowest BCUT2D eigenvalue weighted by molar-refractivity contribution is -0.113. The Morgan fingerprint density at radius 3 is 2.84 bits per heavy atom. The van der Waals surface area contributed by atoms with Crippen LogP contribution in [-0.2, 0) is 11.3 Å². The third-order valence-corrected chi connectivity index (χ3v) is 6.15. The van der Waals surface area contributed by atoms with E-state index >= 15 is 0 Å². The van der Waals surface area contributed by atoms with Crippen molar-refractivity contribution in [3.63, 3.8) is 0 Å². The van der Waals surface area contributed by atoms with E-state index in [1.54, 1.807) is 7.11 Å². The van der Waals surface area contributed by atoms with Gasteiger partial charge in [0.1, 0.15) is 11.3 Å². The maximum atomic E-state index is 12.5. The first-order valence-electron chi connectivity index (χ1n) is 9.68. The van der Waals surface area contributed by atoms with E-state index < -0.39 is 0 Å². The average molecular weight is 501 g/mol. The molecule has 2 aromatic carbocycles. The molecule has 0 atom stereocenters. The lowest BCUT2D eigenvalue weighted by atomic mass is 10.2. The monoisotopic (exact) mass is 500 g/mol. The van der Waals surface area contributed by atoms with Gasteiger partial charge in [0.2, 0.25) is 11.7 Å². The molecule has 0 fully saturated rings. The number of carbonyl (C=O) groups excluding carboxylic acids is 1. The molecule has 7 nitrogen and oxygen atoms in total. The summed E-state index contributed by atoms with van der Waals surface area (Å²) < 4.78 is 14.2. The van der Waals surface area contributed by atoms with E-state index in [2.05, 4.69) is 31.4 Å². The molecule has 9 heteroatoms. The number of nitrogens with zero attached hydrogens (tertiary/aromatic N) is 3. The number of ether oxygens (including phenoxy) is 1. The van der Waals surface area contributed by atoms with Gasteiger partial charge in [-0.25, -0.2) is 0 Å². The first kappa shape index (κ1) is 21.5. The number of methoxy groups -OCH3 is 1. The molecule has 4 rings (SSSR count). The summed E-state index contributed by atoms with van der Waals surface area (Å²) in [6.45, 7) is 4.62. The molecule has 0 saturated carbocycles. The van der Waals surface area contributed by atoms with Crippen molar-refractivity contribution < 1.29 is 13.9 Å². The Hall–Kier alpha value is -2.78. The van der Waals surface area contributed by atoms with Gasteiger partial charge in [-0.2, -0.15) is 0 Å². The van der Waals surface area contributed by atoms with Crippen molar-refractivity contribution in [2.24, 2.45) is 0 Å². The number of aryl methyl sites for hydroxylation is 1. The molecule has 0 aliphatic carbocycles. The van der Waals surface area contributed by atoms with Crippen LogP contribution in [-0.4, -0.2) is 33.5 Å². The first-order chi connectivity index (χ1) is 15.0. The fourth-order valence-electron chi connectivity index (χ4n) is 3.22. The van der Waals surface area contributed by atoms with Crippen molar-refractivity contribution in [1.82, 2.24) is 14.8 Å². The number of hydrogen-bond donors (Lipinski definition) is 1. The number of benzene rings is 2. The molecule has 0 aliphatic rings. The minimum atomic E-state index is -0.144. The smallest absolute Gasteiger partial charge is 0.234 e. The quantitative estimate of drug-likeness (QED) is 0.336. The first-order valence-corrected chi connectivity index (χ1v) is 11.5. The minimum absolute atomic E-state index is 0.144. The molecule has 1 N–H and O–H groups in total. The van der Waals surface area contributed by atoms with Gasteiger partial charge >= 0.3 is 0 Å². The second-order valence-corrected chi connectivity index (χ2v) is 8.74. The number of carbonyl (C=O) groups is 1. The van der Waals surface area contributed by atoms with Gasteiger partial charge in [-0.15, -0.1) is 10.2 Å². The third-order valence-electron chi connectivity index (χ3n) is 4.69. The largest absolute Gasteiger partial charge is 0.495 e. The number of rotatable bonds is 7. The van der Waals surface area contributed by atoms with E-state index in [1.165, 1.54) is 11.8 Å². The van der Waals surface area contributed by atoms with Crippen molar-refractivity contribution >= 4 is 50.3 Å². The van der Waals surface area contributed by atoms with Gasteiger partial charge in [0.15, 0.2) is 10.9 Å². The Morgan fingerprint density at radius 2 is 2.06 bits per heavy atom. The van der Waals surface area contributed by atoms with Gasteiger partial charge in [0.05, 0.1) is 18.6 Å². The van der Waals surface area contributed by atoms with Crippen molar-refractivity contribution in [3.05, 3.63) is 52.5 Å². The Kier molecular flexibility index (Phi) is 6.33. The summed E-state index contributed by atoms with van der Waals surface area (Å²) in [6.07, 6.45) is 0. The van der Waals surface area contributed by atoms with Crippen molar-refractivity contribution in [2.45, 2.75) is 25.5 Å². The van der Waals surface area contributed by atoms with Gasteiger partial charge < -0.3 is 14.5 Å². The average Bonchev–Trinajstić information content (AvgIpc) is 3.35. The number of amides is 1. The van der Waals surface area contributed by atoms with Crippen LogP contribution in [0, 0.1) is 6.92 Å². The fourth-order valence-corrected chi connectivity index (χ4v) is 4.40.